The zero-order valence-corrected chi connectivity index (χ0v) is 27.2. The lowest BCUT2D eigenvalue weighted by atomic mass is 10.0. The fourth-order valence-corrected chi connectivity index (χ4v) is 5.94. The van der Waals surface area contributed by atoms with E-state index in [9.17, 15) is 4.79 Å². The number of amides is 1. The fraction of sp³-hybridized carbons (Fsp3) is 0.455. The predicted molar refractivity (Wildman–Crippen MR) is 177 cm³/mol. The second kappa shape index (κ2) is 15.4. The number of nitrogens with one attached hydrogen (secondary N) is 1. The van der Waals surface area contributed by atoms with Crippen LogP contribution in [0.4, 0.5) is 0 Å². The van der Waals surface area contributed by atoms with Gasteiger partial charge < -0.3 is 14.2 Å². The van der Waals surface area contributed by atoms with E-state index in [4.69, 9.17) is 31.2 Å². The van der Waals surface area contributed by atoms with Gasteiger partial charge in [0.2, 0.25) is 5.17 Å². The maximum absolute atomic E-state index is 12.9. The molecule has 2 heterocycles. The minimum atomic E-state index is -0.477. The van der Waals surface area contributed by atoms with Gasteiger partial charge in [0, 0.05) is 6.42 Å². The third-order valence-corrected chi connectivity index (χ3v) is 8.22. The van der Waals surface area contributed by atoms with Crippen molar-refractivity contribution >= 4 is 51.4 Å². The number of fused-ring (bicyclic) bond motifs is 1. The summed E-state index contributed by atoms with van der Waals surface area (Å²) >= 11 is 8.02. The highest BCUT2D eigenvalue weighted by Crippen LogP contribution is 2.38. The summed E-state index contributed by atoms with van der Waals surface area (Å²) in [5.74, 6) is 1.69. The minimum absolute atomic E-state index is 0.00491. The molecule has 0 fully saturated rings. The van der Waals surface area contributed by atoms with E-state index in [1.807, 2.05) is 6.92 Å². The van der Waals surface area contributed by atoms with Crippen molar-refractivity contribution in [1.29, 1.82) is 5.41 Å². The number of unbranched alkanes of at least 4 members (excludes halogenated alkanes) is 3. The highest BCUT2D eigenvalue weighted by atomic mass is 35.5. The molecule has 0 aromatic heterocycles. The quantitative estimate of drug-likeness (QED) is 0.157. The van der Waals surface area contributed by atoms with Crippen LogP contribution in [-0.4, -0.2) is 46.8 Å². The van der Waals surface area contributed by atoms with Gasteiger partial charge in [-0.2, -0.15) is 15.1 Å². The number of aryl methyl sites for hydroxylation is 1. The number of nitrogens with zero attached hydrogens (tertiary/aromatic N) is 3. The molecular formula is C33H41ClN4O4S. The number of carbonyl (C=O) groups excluding carboxylic acids is 1. The number of benzene rings is 2. The maximum atomic E-state index is 12.9. The van der Waals surface area contributed by atoms with Crippen LogP contribution in [0.2, 0.25) is 5.02 Å². The Bertz CT molecular complexity index is 1440. The molecule has 1 amide bonds. The predicted octanol–water partition coefficient (Wildman–Crippen LogP) is 8.61. The van der Waals surface area contributed by atoms with Crippen LogP contribution in [0, 0.1) is 12.3 Å². The average Bonchev–Trinajstić information content (AvgIpc) is 3.37. The van der Waals surface area contributed by atoms with E-state index < -0.39 is 5.91 Å². The van der Waals surface area contributed by atoms with Crippen LogP contribution < -0.4 is 14.2 Å². The summed E-state index contributed by atoms with van der Waals surface area (Å²) in [5, 5.41) is 16.4. The Morgan fingerprint density at radius 2 is 1.81 bits per heavy atom. The fourth-order valence-electron chi connectivity index (χ4n) is 4.74. The third-order valence-electron chi connectivity index (χ3n) is 6.97. The molecule has 2 aromatic carbocycles. The van der Waals surface area contributed by atoms with Gasteiger partial charge in [-0.1, -0.05) is 63.8 Å². The summed E-state index contributed by atoms with van der Waals surface area (Å²) in [4.78, 5) is 17.1. The molecule has 43 heavy (non-hydrogen) atoms. The second-order valence-electron chi connectivity index (χ2n) is 10.8. The van der Waals surface area contributed by atoms with E-state index >= 15 is 0 Å². The SMILES string of the molecule is CCCCCCC1=NN2C(=N)/C(=C\c3cc(Cl)c(OCCCOc4cc(C)ccc4C(C)C)c(OCC)c3)C(=O)N=C2S1. The number of thioether (sulfide) groups is 1. The molecule has 0 radical (unpaired) electrons. The molecule has 230 valence electrons. The molecule has 1 N–H and O–H groups in total. The van der Waals surface area contributed by atoms with Crippen molar-refractivity contribution in [2.24, 2.45) is 10.1 Å². The van der Waals surface area contributed by atoms with E-state index in [1.54, 1.807) is 18.2 Å². The van der Waals surface area contributed by atoms with Gasteiger partial charge in [-0.25, -0.2) is 0 Å². The Morgan fingerprint density at radius 3 is 2.56 bits per heavy atom. The van der Waals surface area contributed by atoms with Crippen molar-refractivity contribution in [3.8, 4) is 17.2 Å². The molecule has 8 nitrogen and oxygen atoms in total. The molecule has 2 aromatic rings. The number of halogens is 1. The van der Waals surface area contributed by atoms with Crippen LogP contribution >= 0.6 is 23.4 Å². The first kappa shape index (κ1) is 32.6. The first-order chi connectivity index (χ1) is 20.7. The van der Waals surface area contributed by atoms with Gasteiger partial charge >= 0.3 is 0 Å². The molecule has 10 heteroatoms. The summed E-state index contributed by atoms with van der Waals surface area (Å²) < 4.78 is 18.0. The third kappa shape index (κ3) is 8.42. The summed E-state index contributed by atoms with van der Waals surface area (Å²) in [6.07, 6.45) is 7.57. The zero-order chi connectivity index (χ0) is 30.9. The topological polar surface area (TPSA) is 96.6 Å². The molecule has 0 unspecified atom stereocenters. The van der Waals surface area contributed by atoms with Crippen molar-refractivity contribution in [1.82, 2.24) is 5.01 Å². The lowest BCUT2D eigenvalue weighted by molar-refractivity contribution is -0.114. The number of rotatable bonds is 15. The standard InChI is InChI=1S/C33H41ClN4O4S/c1-6-8-9-10-12-29-37-38-31(35)25(32(39)36-33(38)43-29)18-23-19-26(34)30(28(20-23)40-7-2)42-16-11-15-41-27-17-22(5)13-14-24(27)21(3)4/h13-14,17-21,35H,6-12,15-16H2,1-5H3/b25-18+,35-31?. The van der Waals surface area contributed by atoms with E-state index in [-0.39, 0.29) is 11.4 Å². The van der Waals surface area contributed by atoms with Crippen molar-refractivity contribution in [3.05, 3.63) is 57.6 Å². The normalized spacial score (nSPS) is 15.6. The van der Waals surface area contributed by atoms with Crippen molar-refractivity contribution in [2.45, 2.75) is 79.1 Å². The first-order valence-corrected chi connectivity index (χ1v) is 16.2. The molecule has 0 aliphatic carbocycles. The van der Waals surface area contributed by atoms with Gasteiger partial charge in [-0.3, -0.25) is 10.2 Å². The molecule has 0 saturated heterocycles. The maximum Gasteiger partial charge on any atom is 0.283 e. The van der Waals surface area contributed by atoms with Crippen LogP contribution in [-0.2, 0) is 4.79 Å². The van der Waals surface area contributed by atoms with Gasteiger partial charge in [-0.15, -0.1) is 0 Å². The van der Waals surface area contributed by atoms with E-state index in [1.165, 1.54) is 28.8 Å². The molecule has 2 aliphatic rings. The Balaban J connectivity index is 1.42. The van der Waals surface area contributed by atoms with Crippen LogP contribution in [0.15, 0.2) is 46.0 Å². The van der Waals surface area contributed by atoms with Gasteiger partial charge in [0.05, 0.1) is 30.4 Å². The monoisotopic (exact) mass is 624 g/mol. The van der Waals surface area contributed by atoms with Crippen LogP contribution in [0.3, 0.4) is 0 Å². The lowest BCUT2D eigenvalue weighted by Gasteiger charge is -2.20. The van der Waals surface area contributed by atoms with Gasteiger partial charge in [-0.05, 0) is 85.3 Å². The summed E-state index contributed by atoms with van der Waals surface area (Å²) in [7, 11) is 0. The van der Waals surface area contributed by atoms with Crippen LogP contribution in [0.1, 0.15) is 88.8 Å². The summed E-state index contributed by atoms with van der Waals surface area (Å²) in [6.45, 7) is 11.7. The number of aliphatic imine (C=N–C) groups is 1. The summed E-state index contributed by atoms with van der Waals surface area (Å²) in [5.41, 5.74) is 3.09. The highest BCUT2D eigenvalue weighted by Gasteiger charge is 2.35. The van der Waals surface area contributed by atoms with E-state index in [0.29, 0.717) is 59.4 Å². The van der Waals surface area contributed by atoms with Crippen molar-refractivity contribution < 1.29 is 19.0 Å². The Hall–Kier alpha value is -3.30. The number of amidine groups is 2. The molecule has 0 spiro atoms. The second-order valence-corrected chi connectivity index (χ2v) is 12.3. The zero-order valence-electron chi connectivity index (χ0n) is 25.7. The van der Waals surface area contributed by atoms with Crippen LogP contribution in [0.5, 0.6) is 17.2 Å². The number of hydrogen-bond donors (Lipinski definition) is 1. The molecule has 0 atom stereocenters. The number of ether oxygens (including phenoxy) is 3. The first-order valence-electron chi connectivity index (χ1n) is 15.0. The van der Waals surface area contributed by atoms with Crippen LogP contribution in [0.25, 0.3) is 6.08 Å². The van der Waals surface area contributed by atoms with Gasteiger partial charge in [0.15, 0.2) is 17.3 Å². The molecular weight excluding hydrogens is 584 g/mol. The van der Waals surface area contributed by atoms with E-state index in [0.717, 1.165) is 42.0 Å². The highest BCUT2D eigenvalue weighted by molar-refractivity contribution is 8.26. The lowest BCUT2D eigenvalue weighted by Crippen LogP contribution is -2.35. The Morgan fingerprint density at radius 1 is 1.02 bits per heavy atom. The minimum Gasteiger partial charge on any atom is -0.493 e. The molecule has 0 saturated carbocycles. The smallest absolute Gasteiger partial charge is 0.283 e. The van der Waals surface area contributed by atoms with Gasteiger partial charge in [0.25, 0.3) is 5.91 Å². The van der Waals surface area contributed by atoms with Gasteiger partial charge in [0.1, 0.15) is 10.8 Å². The largest absolute Gasteiger partial charge is 0.493 e. The molecule has 2 aliphatic heterocycles. The molecule has 0 bridgehead atoms. The van der Waals surface area contributed by atoms with Crippen molar-refractivity contribution in [2.75, 3.05) is 19.8 Å². The van der Waals surface area contributed by atoms with E-state index in [2.05, 4.69) is 56.0 Å². The molecule has 4 rings (SSSR count). The number of carbonyl (C=O) groups is 1. The number of hydrogen-bond acceptors (Lipinski definition) is 7. The number of hydrazone groups is 1. The Kier molecular flexibility index (Phi) is 11.7. The van der Waals surface area contributed by atoms with Crippen molar-refractivity contribution in [3.63, 3.8) is 0 Å². The Labute approximate surface area is 264 Å². The summed E-state index contributed by atoms with van der Waals surface area (Å²) in [6, 6.07) is 9.75. The average molecular weight is 625 g/mol.